The van der Waals surface area contributed by atoms with Crippen LogP contribution in [0.4, 0.5) is 5.69 Å². The molecule has 0 heterocycles. The maximum absolute atomic E-state index is 13.6. The van der Waals surface area contributed by atoms with Crippen molar-refractivity contribution in [3.63, 3.8) is 0 Å². The van der Waals surface area contributed by atoms with Crippen LogP contribution in [0.3, 0.4) is 0 Å². The molecule has 0 aromatic heterocycles. The summed E-state index contributed by atoms with van der Waals surface area (Å²) in [5, 5.41) is 1.57. The molecule has 0 aliphatic carbocycles. The van der Waals surface area contributed by atoms with E-state index in [9.17, 15) is 16.8 Å². The quantitative estimate of drug-likeness (QED) is 0.452. The summed E-state index contributed by atoms with van der Waals surface area (Å²) >= 11 is 0. The number of rotatable bonds is 5. The molecule has 0 amide bonds. The van der Waals surface area contributed by atoms with Gasteiger partial charge in [-0.2, -0.15) is 3.71 Å². The van der Waals surface area contributed by atoms with Crippen molar-refractivity contribution >= 4 is 36.5 Å². The second-order valence-corrected chi connectivity index (χ2v) is 10.7. The van der Waals surface area contributed by atoms with Crippen LogP contribution in [0, 0.1) is 6.92 Å². The Kier molecular flexibility index (Phi) is 5.09. The molecule has 0 aliphatic heterocycles. The number of hydrogen-bond acceptors (Lipinski definition) is 4. The Labute approximate surface area is 176 Å². The Morgan fingerprint density at radius 1 is 0.567 bits per heavy atom. The number of aryl methyl sites for hydroxylation is 1. The van der Waals surface area contributed by atoms with Crippen LogP contribution < -0.4 is 3.71 Å². The molecule has 4 aromatic carbocycles. The molecule has 5 nitrogen and oxygen atoms in total. The average Bonchev–Trinajstić information content (AvgIpc) is 2.74. The van der Waals surface area contributed by atoms with Gasteiger partial charge in [0.25, 0.3) is 20.0 Å². The largest absolute Gasteiger partial charge is 0.277 e. The Morgan fingerprint density at radius 3 is 1.77 bits per heavy atom. The molecule has 0 radical (unpaired) electrons. The van der Waals surface area contributed by atoms with Crippen LogP contribution in [0.5, 0.6) is 0 Å². The maximum Gasteiger partial charge on any atom is 0.277 e. The Balaban J connectivity index is 1.94. The summed E-state index contributed by atoms with van der Waals surface area (Å²) in [5.74, 6) is 0. The number of sulfonamides is 2. The van der Waals surface area contributed by atoms with Crippen molar-refractivity contribution in [3.8, 4) is 0 Å². The topological polar surface area (TPSA) is 71.5 Å². The van der Waals surface area contributed by atoms with E-state index >= 15 is 0 Å². The molecule has 0 unspecified atom stereocenters. The lowest BCUT2D eigenvalue weighted by Gasteiger charge is -2.24. The van der Waals surface area contributed by atoms with E-state index < -0.39 is 20.0 Å². The Morgan fingerprint density at radius 2 is 1.10 bits per heavy atom. The fourth-order valence-electron chi connectivity index (χ4n) is 3.19. The van der Waals surface area contributed by atoms with Gasteiger partial charge in [-0.1, -0.05) is 66.2 Å². The third-order valence-corrected chi connectivity index (χ3v) is 8.93. The van der Waals surface area contributed by atoms with E-state index in [1.165, 1.54) is 36.4 Å². The minimum atomic E-state index is -4.42. The first-order valence-electron chi connectivity index (χ1n) is 9.21. The smallest absolute Gasteiger partial charge is 0.200 e. The van der Waals surface area contributed by atoms with Crippen molar-refractivity contribution in [2.45, 2.75) is 16.7 Å². The van der Waals surface area contributed by atoms with Gasteiger partial charge in [-0.25, -0.2) is 16.8 Å². The Hall–Kier alpha value is -3.16. The highest BCUT2D eigenvalue weighted by molar-refractivity contribution is 8.10. The van der Waals surface area contributed by atoms with Crippen molar-refractivity contribution < 1.29 is 16.8 Å². The van der Waals surface area contributed by atoms with Crippen LogP contribution in [0.25, 0.3) is 10.8 Å². The van der Waals surface area contributed by atoms with Crippen LogP contribution in [-0.4, -0.2) is 16.8 Å². The van der Waals surface area contributed by atoms with Crippen molar-refractivity contribution in [1.29, 1.82) is 0 Å². The molecule has 30 heavy (non-hydrogen) atoms. The summed E-state index contributed by atoms with van der Waals surface area (Å²) in [5.41, 5.74) is 0.920. The van der Waals surface area contributed by atoms with Crippen molar-refractivity contribution in [1.82, 2.24) is 0 Å². The molecule has 4 aromatic rings. The standard InChI is InChI=1S/C23H19NO4S2/c1-18-11-14-22(15-12-18)29(25,26)24(21-9-3-2-4-10-21)30(27,28)23-16-13-19-7-5-6-8-20(19)17-23/h2-17H,1H3. The minimum Gasteiger partial charge on any atom is -0.200 e. The average molecular weight is 438 g/mol. The molecule has 0 fully saturated rings. The van der Waals surface area contributed by atoms with Gasteiger partial charge in [0.1, 0.15) is 0 Å². The minimum absolute atomic E-state index is 0.0474. The van der Waals surface area contributed by atoms with Gasteiger partial charge in [-0.15, -0.1) is 0 Å². The first-order chi connectivity index (χ1) is 14.3. The van der Waals surface area contributed by atoms with Gasteiger partial charge in [-0.3, -0.25) is 0 Å². The molecule has 0 N–H and O–H groups in total. The van der Waals surface area contributed by atoms with Gasteiger partial charge < -0.3 is 0 Å². The molecule has 0 saturated carbocycles. The molecule has 4 rings (SSSR count). The number of anilines is 1. The van der Waals surface area contributed by atoms with Gasteiger partial charge >= 0.3 is 0 Å². The van der Waals surface area contributed by atoms with Crippen LogP contribution in [0.15, 0.2) is 107 Å². The number of hydrogen-bond donors (Lipinski definition) is 0. The molecular formula is C23H19NO4S2. The molecular weight excluding hydrogens is 418 g/mol. The van der Waals surface area contributed by atoms with Crippen molar-refractivity contribution in [2.24, 2.45) is 0 Å². The maximum atomic E-state index is 13.6. The molecule has 7 heteroatoms. The predicted molar refractivity (Wildman–Crippen MR) is 118 cm³/mol. The van der Waals surface area contributed by atoms with Crippen LogP contribution in [0.1, 0.15) is 5.56 Å². The second-order valence-electron chi connectivity index (χ2n) is 6.86. The van der Waals surface area contributed by atoms with Crippen molar-refractivity contribution in [3.05, 3.63) is 103 Å². The summed E-state index contributed by atoms with van der Waals surface area (Å²) in [4.78, 5) is -0.193. The number of nitrogens with zero attached hydrogens (tertiary/aromatic N) is 1. The third kappa shape index (κ3) is 3.58. The lowest BCUT2D eigenvalue weighted by Crippen LogP contribution is -2.37. The lowest BCUT2D eigenvalue weighted by molar-refractivity contribution is 0.584. The fourth-order valence-corrected chi connectivity index (χ4v) is 6.91. The first kappa shape index (κ1) is 20.1. The highest BCUT2D eigenvalue weighted by Crippen LogP contribution is 2.31. The fraction of sp³-hybridized carbons (Fsp3) is 0.0435. The van der Waals surface area contributed by atoms with Gasteiger partial charge in [0.15, 0.2) is 0 Å². The van der Waals surface area contributed by atoms with E-state index in [1.54, 1.807) is 48.5 Å². The molecule has 152 valence electrons. The molecule has 0 saturated heterocycles. The van der Waals surface area contributed by atoms with E-state index in [1.807, 2.05) is 19.1 Å². The van der Waals surface area contributed by atoms with E-state index in [-0.39, 0.29) is 15.5 Å². The monoisotopic (exact) mass is 437 g/mol. The van der Waals surface area contributed by atoms with Gasteiger partial charge in [0.05, 0.1) is 15.5 Å². The van der Waals surface area contributed by atoms with E-state index in [0.29, 0.717) is 9.10 Å². The number of para-hydroxylation sites is 1. The molecule has 0 atom stereocenters. The summed E-state index contributed by atoms with van der Waals surface area (Å²) in [6.45, 7) is 1.83. The summed E-state index contributed by atoms with van der Waals surface area (Å²) in [7, 11) is -8.80. The molecule has 0 spiro atoms. The normalized spacial score (nSPS) is 12.0. The zero-order valence-electron chi connectivity index (χ0n) is 16.1. The number of benzene rings is 4. The Bertz CT molecular complexity index is 1410. The van der Waals surface area contributed by atoms with E-state index in [2.05, 4.69) is 0 Å². The SMILES string of the molecule is Cc1ccc(S(=O)(=O)N(c2ccccc2)S(=O)(=O)c2ccc3ccccc3c2)cc1. The highest BCUT2D eigenvalue weighted by atomic mass is 32.3. The molecule has 0 aliphatic rings. The third-order valence-electron chi connectivity index (χ3n) is 4.74. The lowest BCUT2D eigenvalue weighted by atomic mass is 10.1. The second kappa shape index (κ2) is 7.59. The zero-order valence-corrected chi connectivity index (χ0v) is 17.8. The molecule has 0 bridgehead atoms. The van der Waals surface area contributed by atoms with Crippen LogP contribution in [0.2, 0.25) is 0 Å². The van der Waals surface area contributed by atoms with Gasteiger partial charge in [0.2, 0.25) is 0 Å². The summed E-state index contributed by atoms with van der Waals surface area (Å²) in [6, 6.07) is 25.8. The van der Waals surface area contributed by atoms with Crippen LogP contribution in [-0.2, 0) is 20.0 Å². The van der Waals surface area contributed by atoms with Crippen molar-refractivity contribution in [2.75, 3.05) is 3.71 Å². The summed E-state index contributed by atoms with van der Waals surface area (Å²) in [6.07, 6.45) is 0. The van der Waals surface area contributed by atoms with Gasteiger partial charge in [0, 0.05) is 0 Å². The predicted octanol–water partition coefficient (Wildman–Crippen LogP) is 4.73. The van der Waals surface area contributed by atoms with E-state index in [4.69, 9.17) is 0 Å². The highest BCUT2D eigenvalue weighted by Gasteiger charge is 2.36. The zero-order chi connectivity index (χ0) is 21.4. The first-order valence-corrected chi connectivity index (χ1v) is 12.1. The van der Waals surface area contributed by atoms with Crippen LogP contribution >= 0.6 is 0 Å². The van der Waals surface area contributed by atoms with Gasteiger partial charge in [-0.05, 0) is 54.1 Å². The number of fused-ring (bicyclic) bond motifs is 1. The van der Waals surface area contributed by atoms with E-state index in [0.717, 1.165) is 10.9 Å². The summed E-state index contributed by atoms with van der Waals surface area (Å²) < 4.78 is 54.7.